The van der Waals surface area contributed by atoms with Crippen LogP contribution < -0.4 is 40.2 Å². The van der Waals surface area contributed by atoms with E-state index in [-0.39, 0.29) is 29.2 Å². The van der Waals surface area contributed by atoms with Crippen molar-refractivity contribution in [3.63, 3.8) is 0 Å². The smallest absolute Gasteiger partial charge is 0.433 e. The molecule has 0 atom stereocenters. The first-order valence-electron chi connectivity index (χ1n) is 37.7. The third-order valence-corrected chi connectivity index (χ3v) is 17.9. The number of fused-ring (bicyclic) bond motifs is 4. The topological polar surface area (TPSA) is 392 Å². The highest BCUT2D eigenvalue weighted by Gasteiger charge is 2.39. The number of amides is 4. The number of aryl methyl sites for hydroxylation is 6. The summed E-state index contributed by atoms with van der Waals surface area (Å²) in [5, 5.41) is 38.5. The Bertz CT molecular complexity index is 6370. The number of nitrogens with zero attached hydrogens (tertiary/aromatic N) is 22. The number of oxime groups is 1. The molecule has 5 N–H and O–H groups in total. The van der Waals surface area contributed by atoms with Crippen LogP contribution in [-0.4, -0.2) is 146 Å². The van der Waals surface area contributed by atoms with E-state index in [9.17, 15) is 71.9 Å². The first-order valence-corrected chi connectivity index (χ1v) is 37.7. The SMILES string of the molecule is CC.CCc1cc(Oc2ccc3c(ccn3C(=O)Nc3cc(C(F)(F)F)n(C)n3)c2)ncn1.CCc1cc(Oc2ccc3c(ccn3C(=O)Nc3cc(C(F)(F)F)n(C)n3)c2)ncn1.CN=Cc1cc(Oc2ccc3c(ccn3C(=O)Nc3cc(C(F)(F)F)n(C)n3)c2)ncn1.Cn1nc(NC(=O)n2ccc3cc(Oc4cc(/C=N\O)ncn4)ccc32)cc1C(F)(F)F. The Hall–Kier alpha value is -16.4. The minimum atomic E-state index is -4.59. The highest BCUT2D eigenvalue weighted by atomic mass is 19.4. The van der Waals surface area contributed by atoms with Crippen molar-refractivity contribution in [3.05, 3.63) is 241 Å². The van der Waals surface area contributed by atoms with Crippen LogP contribution in [0.15, 0.2) is 206 Å². The molecule has 0 spiro atoms. The van der Waals surface area contributed by atoms with E-state index in [1.54, 1.807) is 129 Å². The number of hydrogen-bond donors (Lipinski definition) is 5. The van der Waals surface area contributed by atoms with Crippen molar-refractivity contribution in [3.8, 4) is 46.5 Å². The van der Waals surface area contributed by atoms with Crippen molar-refractivity contribution in [2.75, 3.05) is 28.3 Å². The summed E-state index contributed by atoms with van der Waals surface area (Å²) in [7, 11) is 6.24. The fraction of sp³-hybridized carbons (Fsp3) is 0.185. The molecule has 16 rings (SSSR count). The molecular weight excluding hydrogens is 1710 g/mol. The maximum atomic E-state index is 12.9. The third kappa shape index (κ3) is 22.1. The highest BCUT2D eigenvalue weighted by molar-refractivity contribution is 6.01. The number of aromatic nitrogens is 20. The first kappa shape index (κ1) is 90.8. The van der Waals surface area contributed by atoms with Gasteiger partial charge in [-0.1, -0.05) is 32.9 Å². The summed E-state index contributed by atoms with van der Waals surface area (Å²) in [6.07, 6.45) is -2.67. The number of nitrogens with one attached hydrogen (secondary N) is 4. The number of halogens is 12. The Morgan fingerprint density at radius 2 is 0.609 bits per heavy atom. The van der Waals surface area contributed by atoms with E-state index in [0.29, 0.717) is 114 Å². The van der Waals surface area contributed by atoms with Crippen molar-refractivity contribution in [2.24, 2.45) is 38.3 Å². The summed E-state index contributed by atoms with van der Waals surface area (Å²) in [6, 6.07) is 33.8. The van der Waals surface area contributed by atoms with Gasteiger partial charge in [-0.3, -0.25) is 63.3 Å². The largest absolute Gasteiger partial charge is 0.439 e. The molecule has 0 bridgehead atoms. The zero-order valence-electron chi connectivity index (χ0n) is 68.1. The molecule has 16 aromatic rings. The molecular formula is C81H70F12N26O9. The summed E-state index contributed by atoms with van der Waals surface area (Å²) in [5.74, 6) is 2.45. The maximum absolute atomic E-state index is 12.9. The third-order valence-electron chi connectivity index (χ3n) is 17.9. The van der Waals surface area contributed by atoms with Gasteiger partial charge in [-0.05, 0) is 110 Å². The summed E-state index contributed by atoms with van der Waals surface area (Å²) in [5.41, 5.74) is 0.873. The van der Waals surface area contributed by atoms with E-state index >= 15 is 0 Å². The van der Waals surface area contributed by atoms with E-state index in [0.717, 1.165) is 82.9 Å². The van der Waals surface area contributed by atoms with Gasteiger partial charge in [0.2, 0.25) is 23.5 Å². The lowest BCUT2D eigenvalue weighted by Crippen LogP contribution is -2.18. The van der Waals surface area contributed by atoms with E-state index in [4.69, 9.17) is 24.2 Å². The molecule has 12 aromatic heterocycles. The standard InChI is InChI=1S/C20H16F3N7O2.2C20H17F3N6O2.C19H14F3N7O3.C2H6/c1-24-10-13-8-18(26-11-25-13)32-14-3-4-15-12(7-14)5-6-30(15)19(31)27-17-9-16(20(21,22)23)29(2)28-17;2*1-3-13-9-18(25-11-24-13)31-14-4-5-15-12(8-14)6-7-29(15)19(30)26-17-10-16(20(21,22)23)28(2)27-17;1-28-15(19(20,21)22)8-16(27-28)26-18(30)29-5-4-11-6-13(2-3-14(11)29)32-17-7-12(9-25-31)23-10-24-17;1-2/h3-11H,1-2H3,(H,27,28,31);2*4-11H,3H2,1-2H3,(H,26,27,30);2-10,31H,1H3,(H,26,27,30);1-2H3/b;;;25-9-;. The number of hydrogen-bond acceptors (Lipinski definition) is 23. The van der Waals surface area contributed by atoms with Gasteiger partial charge < -0.3 is 24.2 Å². The molecule has 35 nitrogen and oxygen atoms in total. The van der Waals surface area contributed by atoms with Gasteiger partial charge in [0.1, 0.15) is 71.1 Å². The van der Waals surface area contributed by atoms with Gasteiger partial charge in [0.25, 0.3) is 0 Å². The molecule has 47 heteroatoms. The number of ether oxygens (including phenoxy) is 4. The number of aliphatic imine (C=N–C) groups is 1. The summed E-state index contributed by atoms with van der Waals surface area (Å²) >= 11 is 0. The van der Waals surface area contributed by atoms with Crippen LogP contribution in [0.25, 0.3) is 43.6 Å². The molecule has 0 radical (unpaired) electrons. The summed E-state index contributed by atoms with van der Waals surface area (Å²) < 4.78 is 186. The normalized spacial score (nSPS) is 11.6. The molecule has 0 unspecified atom stereocenters. The lowest BCUT2D eigenvalue weighted by molar-refractivity contribution is -0.144. The van der Waals surface area contributed by atoms with Gasteiger partial charge in [-0.2, -0.15) is 73.1 Å². The van der Waals surface area contributed by atoms with Crippen LogP contribution in [0.3, 0.4) is 0 Å². The zero-order valence-corrected chi connectivity index (χ0v) is 68.1. The van der Waals surface area contributed by atoms with Crippen LogP contribution in [0.2, 0.25) is 0 Å². The number of benzene rings is 4. The minimum absolute atomic E-state index is 0.197. The van der Waals surface area contributed by atoms with Crippen LogP contribution in [0, 0.1) is 0 Å². The molecule has 12 heterocycles. The summed E-state index contributed by atoms with van der Waals surface area (Å²) in [6.45, 7) is 7.95. The van der Waals surface area contributed by atoms with Crippen LogP contribution in [0.1, 0.15) is 73.2 Å². The predicted octanol–water partition coefficient (Wildman–Crippen LogP) is 18.2. The molecule has 0 aliphatic carbocycles. The maximum Gasteiger partial charge on any atom is 0.433 e. The van der Waals surface area contributed by atoms with Gasteiger partial charge in [-0.25, -0.2) is 59.0 Å². The van der Waals surface area contributed by atoms with E-state index < -0.39 is 71.6 Å². The van der Waals surface area contributed by atoms with Crippen molar-refractivity contribution < 1.29 is 96.0 Å². The molecule has 0 saturated carbocycles. The van der Waals surface area contributed by atoms with Gasteiger partial charge in [-0.15, -0.1) is 0 Å². The van der Waals surface area contributed by atoms with Crippen molar-refractivity contribution in [2.45, 2.75) is 65.2 Å². The monoisotopic (exact) mass is 1780 g/mol. The zero-order chi connectivity index (χ0) is 92.1. The van der Waals surface area contributed by atoms with Crippen LogP contribution in [-0.2, 0) is 65.7 Å². The average Bonchev–Trinajstić information content (AvgIpc) is 1.65. The number of alkyl halides is 12. The lowest BCUT2D eigenvalue weighted by atomic mass is 10.2. The van der Waals surface area contributed by atoms with Crippen molar-refractivity contribution in [1.29, 1.82) is 0 Å². The Morgan fingerprint density at radius 1 is 0.359 bits per heavy atom. The van der Waals surface area contributed by atoms with Crippen LogP contribution in [0.5, 0.6) is 46.5 Å². The van der Waals surface area contributed by atoms with Gasteiger partial charge in [0, 0.05) is 148 Å². The van der Waals surface area contributed by atoms with E-state index in [2.05, 4.69) is 91.7 Å². The van der Waals surface area contributed by atoms with E-state index in [1.165, 1.54) is 74.4 Å². The molecule has 0 aliphatic heterocycles. The Balaban J connectivity index is 0.000000154. The fourth-order valence-electron chi connectivity index (χ4n) is 12.2. The fourth-order valence-corrected chi connectivity index (χ4v) is 12.2. The van der Waals surface area contributed by atoms with Gasteiger partial charge in [0.05, 0.1) is 39.7 Å². The molecule has 4 aromatic carbocycles. The number of anilines is 4. The molecule has 662 valence electrons. The van der Waals surface area contributed by atoms with Gasteiger partial charge >= 0.3 is 48.8 Å². The average molecular weight is 1780 g/mol. The second kappa shape index (κ2) is 38.6. The lowest BCUT2D eigenvalue weighted by Gasteiger charge is -2.07. The second-order valence-electron chi connectivity index (χ2n) is 26.5. The van der Waals surface area contributed by atoms with Crippen molar-refractivity contribution >= 4 is 103 Å². The highest BCUT2D eigenvalue weighted by Crippen LogP contribution is 2.37. The van der Waals surface area contributed by atoms with Crippen LogP contribution >= 0.6 is 0 Å². The molecule has 128 heavy (non-hydrogen) atoms. The van der Waals surface area contributed by atoms with Crippen LogP contribution in [0.4, 0.5) is 95.1 Å². The number of rotatable bonds is 16. The van der Waals surface area contributed by atoms with Crippen molar-refractivity contribution in [1.82, 2.24) is 97.3 Å². The Labute approximate surface area is 713 Å². The van der Waals surface area contributed by atoms with Gasteiger partial charge in [0.15, 0.2) is 23.3 Å². The molecule has 0 aliphatic rings. The predicted molar refractivity (Wildman–Crippen MR) is 440 cm³/mol. The van der Waals surface area contributed by atoms with E-state index in [1.807, 2.05) is 27.7 Å². The molecule has 0 fully saturated rings. The quantitative estimate of drug-likeness (QED) is 0.0259. The molecule has 0 saturated heterocycles. The number of carbonyl (C=O) groups excluding carboxylic acids is 4. The Morgan fingerprint density at radius 3 is 0.844 bits per heavy atom. The Kier molecular flexibility index (Phi) is 27.4. The minimum Gasteiger partial charge on any atom is -0.439 e. The molecule has 4 amide bonds. The first-order chi connectivity index (χ1) is 61.0. The second-order valence-corrected chi connectivity index (χ2v) is 26.5. The number of carbonyl (C=O) groups is 4. The summed E-state index contributed by atoms with van der Waals surface area (Å²) in [4.78, 5) is 86.6.